The molecule has 0 radical (unpaired) electrons. The van der Waals surface area contributed by atoms with Crippen LogP contribution in [0.3, 0.4) is 0 Å². The Morgan fingerprint density at radius 2 is 2.24 bits per heavy atom. The van der Waals surface area contributed by atoms with E-state index in [4.69, 9.17) is 23.8 Å². The molecule has 2 rings (SSSR count). The van der Waals surface area contributed by atoms with Gasteiger partial charge in [-0.05, 0) is 34.5 Å². The number of halogens is 2. The van der Waals surface area contributed by atoms with Gasteiger partial charge < -0.3 is 4.98 Å². The molecule has 0 aliphatic heterocycles. The monoisotopic (exact) mass is 328 g/mol. The van der Waals surface area contributed by atoms with Crippen LogP contribution in [0, 0.1) is 4.64 Å². The Morgan fingerprint density at radius 3 is 2.88 bits per heavy atom. The van der Waals surface area contributed by atoms with E-state index in [1.54, 1.807) is 0 Å². The maximum atomic E-state index is 5.96. The van der Waals surface area contributed by atoms with Crippen molar-refractivity contribution in [3.63, 3.8) is 0 Å². The van der Waals surface area contributed by atoms with Crippen LogP contribution in [-0.4, -0.2) is 9.97 Å². The van der Waals surface area contributed by atoms with Gasteiger partial charge in [-0.2, -0.15) is 0 Å². The fourth-order valence-corrected chi connectivity index (χ4v) is 2.39. The van der Waals surface area contributed by atoms with Crippen LogP contribution in [0.5, 0.6) is 0 Å². The SMILES string of the molecule is CCc1[nH]c(-c2cccc(Cl)c2)nc(=S)c1Br. The van der Waals surface area contributed by atoms with E-state index in [1.165, 1.54) is 0 Å². The van der Waals surface area contributed by atoms with E-state index >= 15 is 0 Å². The number of aromatic nitrogens is 2. The lowest BCUT2D eigenvalue weighted by Gasteiger charge is -2.07. The lowest BCUT2D eigenvalue weighted by atomic mass is 10.2. The first-order valence-electron chi connectivity index (χ1n) is 5.16. The largest absolute Gasteiger partial charge is 0.342 e. The minimum Gasteiger partial charge on any atom is -0.342 e. The predicted molar refractivity (Wildman–Crippen MR) is 76.9 cm³/mol. The van der Waals surface area contributed by atoms with Gasteiger partial charge in [0, 0.05) is 16.3 Å². The van der Waals surface area contributed by atoms with Crippen molar-refractivity contribution >= 4 is 39.7 Å². The summed E-state index contributed by atoms with van der Waals surface area (Å²) in [5.41, 5.74) is 1.98. The van der Waals surface area contributed by atoms with E-state index in [9.17, 15) is 0 Å². The zero-order valence-electron chi connectivity index (χ0n) is 9.13. The van der Waals surface area contributed by atoms with Crippen molar-refractivity contribution < 1.29 is 0 Å². The Kier molecular flexibility index (Phi) is 3.97. The quantitative estimate of drug-likeness (QED) is 0.803. The lowest BCUT2D eigenvalue weighted by molar-refractivity contribution is 0.984. The topological polar surface area (TPSA) is 28.7 Å². The number of nitrogens with one attached hydrogen (secondary N) is 1. The molecule has 5 heteroatoms. The van der Waals surface area contributed by atoms with Crippen LogP contribution in [0.2, 0.25) is 5.02 Å². The van der Waals surface area contributed by atoms with Crippen molar-refractivity contribution in [3.05, 3.63) is 44.1 Å². The molecule has 1 heterocycles. The van der Waals surface area contributed by atoms with Gasteiger partial charge in [-0.3, -0.25) is 0 Å². The number of hydrogen-bond donors (Lipinski definition) is 1. The molecule has 2 aromatic rings. The van der Waals surface area contributed by atoms with Crippen molar-refractivity contribution in [3.8, 4) is 11.4 Å². The predicted octanol–water partition coefficient (Wildman–Crippen LogP) is 4.78. The van der Waals surface area contributed by atoms with E-state index in [1.807, 2.05) is 24.3 Å². The second kappa shape index (κ2) is 5.29. The molecule has 0 aliphatic rings. The average molecular weight is 330 g/mol. The van der Waals surface area contributed by atoms with Crippen molar-refractivity contribution in [2.24, 2.45) is 0 Å². The Balaban J connectivity index is 2.61. The summed E-state index contributed by atoms with van der Waals surface area (Å²) >= 11 is 14.6. The third-order valence-electron chi connectivity index (χ3n) is 2.39. The van der Waals surface area contributed by atoms with Gasteiger partial charge in [-0.1, -0.05) is 42.9 Å². The van der Waals surface area contributed by atoms with E-state index in [0.717, 1.165) is 28.0 Å². The first-order valence-corrected chi connectivity index (χ1v) is 6.74. The summed E-state index contributed by atoms with van der Waals surface area (Å²) in [6, 6.07) is 7.54. The molecule has 0 bridgehead atoms. The van der Waals surface area contributed by atoms with Crippen LogP contribution in [0.15, 0.2) is 28.7 Å². The maximum Gasteiger partial charge on any atom is 0.144 e. The first kappa shape index (κ1) is 12.7. The Morgan fingerprint density at radius 1 is 1.47 bits per heavy atom. The number of H-pyrrole nitrogens is 1. The van der Waals surface area contributed by atoms with Gasteiger partial charge in [0.25, 0.3) is 0 Å². The second-order valence-corrected chi connectivity index (χ2v) is 5.16. The maximum absolute atomic E-state index is 5.96. The van der Waals surface area contributed by atoms with E-state index in [0.29, 0.717) is 9.66 Å². The second-order valence-electron chi connectivity index (χ2n) is 3.55. The molecule has 0 amide bonds. The Bertz CT molecular complexity index is 610. The minimum absolute atomic E-state index is 0.565. The highest BCUT2D eigenvalue weighted by Crippen LogP contribution is 2.23. The van der Waals surface area contributed by atoms with Crippen LogP contribution >= 0.6 is 39.7 Å². The summed E-state index contributed by atoms with van der Waals surface area (Å²) in [6.07, 6.45) is 0.861. The molecule has 0 unspecified atom stereocenters. The molecule has 0 fully saturated rings. The summed E-state index contributed by atoms with van der Waals surface area (Å²) < 4.78 is 1.43. The molecule has 2 nitrogen and oxygen atoms in total. The normalized spacial score (nSPS) is 10.5. The fraction of sp³-hybridized carbons (Fsp3) is 0.167. The van der Waals surface area contributed by atoms with Crippen LogP contribution in [0.4, 0.5) is 0 Å². The standard InChI is InChI=1S/C12H10BrClN2S/c1-2-9-10(13)12(17)16-11(15-9)7-4-3-5-8(14)6-7/h3-6H,2H2,1H3,(H,15,16,17). The number of hydrogen-bond acceptors (Lipinski definition) is 2. The lowest BCUT2D eigenvalue weighted by Crippen LogP contribution is -1.97. The molecule has 17 heavy (non-hydrogen) atoms. The van der Waals surface area contributed by atoms with Gasteiger partial charge in [0.05, 0.1) is 4.47 Å². The minimum atomic E-state index is 0.565. The number of aromatic amines is 1. The molecule has 88 valence electrons. The van der Waals surface area contributed by atoms with Crippen LogP contribution in [0.1, 0.15) is 12.6 Å². The van der Waals surface area contributed by atoms with E-state index in [-0.39, 0.29) is 0 Å². The number of aryl methyl sites for hydroxylation is 1. The van der Waals surface area contributed by atoms with Crippen LogP contribution in [0.25, 0.3) is 11.4 Å². The zero-order chi connectivity index (χ0) is 12.4. The summed E-state index contributed by atoms with van der Waals surface area (Å²) in [7, 11) is 0. The third-order valence-corrected chi connectivity index (χ3v) is 4.03. The molecule has 0 saturated heterocycles. The number of nitrogens with zero attached hydrogens (tertiary/aromatic N) is 1. The highest BCUT2D eigenvalue weighted by Gasteiger charge is 2.06. The molecule has 1 aromatic heterocycles. The van der Waals surface area contributed by atoms with E-state index in [2.05, 4.69) is 32.8 Å². The van der Waals surface area contributed by atoms with Gasteiger partial charge in [-0.15, -0.1) is 0 Å². The Labute approximate surface area is 118 Å². The van der Waals surface area contributed by atoms with Gasteiger partial charge >= 0.3 is 0 Å². The summed E-state index contributed by atoms with van der Waals surface area (Å²) in [4.78, 5) is 7.61. The van der Waals surface area contributed by atoms with Gasteiger partial charge in [-0.25, -0.2) is 4.98 Å². The van der Waals surface area contributed by atoms with Crippen molar-refractivity contribution in [2.45, 2.75) is 13.3 Å². The molecule has 0 atom stereocenters. The van der Waals surface area contributed by atoms with Crippen molar-refractivity contribution in [2.75, 3.05) is 0 Å². The van der Waals surface area contributed by atoms with Gasteiger partial charge in [0.1, 0.15) is 10.5 Å². The van der Waals surface area contributed by atoms with Crippen LogP contribution in [-0.2, 0) is 6.42 Å². The van der Waals surface area contributed by atoms with Crippen LogP contribution < -0.4 is 0 Å². The first-order chi connectivity index (χ1) is 8.11. The van der Waals surface area contributed by atoms with Gasteiger partial charge in [0.15, 0.2) is 0 Å². The van der Waals surface area contributed by atoms with Crippen molar-refractivity contribution in [1.29, 1.82) is 0 Å². The molecule has 1 aromatic carbocycles. The van der Waals surface area contributed by atoms with E-state index < -0.39 is 0 Å². The van der Waals surface area contributed by atoms with Gasteiger partial charge in [0.2, 0.25) is 0 Å². The molecule has 1 N–H and O–H groups in total. The molecule has 0 spiro atoms. The average Bonchev–Trinajstić information content (AvgIpc) is 2.32. The number of rotatable bonds is 2. The summed E-state index contributed by atoms with van der Waals surface area (Å²) in [6.45, 7) is 2.06. The molecule has 0 saturated carbocycles. The highest BCUT2D eigenvalue weighted by atomic mass is 79.9. The number of benzene rings is 1. The summed E-state index contributed by atoms with van der Waals surface area (Å²) in [5, 5.41) is 0.685. The summed E-state index contributed by atoms with van der Waals surface area (Å²) in [5.74, 6) is 0.748. The Hall–Kier alpha value is -0.710. The molecular formula is C12H10BrClN2S. The third kappa shape index (κ3) is 2.76. The zero-order valence-corrected chi connectivity index (χ0v) is 12.3. The highest BCUT2D eigenvalue weighted by molar-refractivity contribution is 9.10. The molecule has 0 aliphatic carbocycles. The smallest absolute Gasteiger partial charge is 0.144 e. The fourth-order valence-electron chi connectivity index (χ4n) is 1.52. The van der Waals surface area contributed by atoms with Crippen molar-refractivity contribution in [1.82, 2.24) is 9.97 Å². The molecular weight excluding hydrogens is 320 g/mol.